The Morgan fingerprint density at radius 2 is 1.55 bits per heavy atom. The Hall–Kier alpha value is -4.76. The number of aryl methyl sites for hydroxylation is 1. The Morgan fingerprint density at radius 3 is 2.18 bits per heavy atom. The largest absolute Gasteiger partial charge is 0.351 e. The summed E-state index contributed by atoms with van der Waals surface area (Å²) in [5.41, 5.74) is 1.75. The molecule has 2 aliphatic rings. The topological polar surface area (TPSA) is 147 Å². The number of amides is 1. The van der Waals surface area contributed by atoms with Crippen LogP contribution in [0.5, 0.6) is 0 Å². The van der Waals surface area contributed by atoms with Gasteiger partial charge in [-0.25, -0.2) is 29.3 Å². The Labute approximate surface area is 253 Å². The summed E-state index contributed by atoms with van der Waals surface area (Å²) in [6.45, 7) is 6.51. The quantitative estimate of drug-likeness (QED) is 0.289. The zero-order valence-electron chi connectivity index (χ0n) is 24.0. The van der Waals surface area contributed by atoms with E-state index in [1.165, 1.54) is 18.3 Å². The van der Waals surface area contributed by atoms with E-state index < -0.39 is 22.0 Å². The summed E-state index contributed by atoms with van der Waals surface area (Å²) < 4.78 is 43.6. The van der Waals surface area contributed by atoms with E-state index in [1.807, 2.05) is 23.6 Å². The molecule has 2 fully saturated rings. The highest BCUT2D eigenvalue weighted by Crippen LogP contribution is 2.25. The van der Waals surface area contributed by atoms with Crippen molar-refractivity contribution in [1.82, 2.24) is 24.9 Å². The standard InChI is InChI=1S/C29H30FN9O4S/c1-19-3-6-25(7-4-19)44(41,42)43-24-17-38(18-24)26-8-5-21(11-31-26)27(40)36-23-14-34-29(35-15-23)39-10-9-37(16-20(39)2)28-32-12-22(30)13-33-28/h3-8,11-15,20,24H,9-10,16-18H2,1-2H3,(H,36,40)/t20-/m1/s1. The SMILES string of the molecule is Cc1ccc(S(=O)(=O)OC2CN(c3ccc(C(=O)Nc4cnc(N5CCN(c6ncc(F)cn6)C[C@H]5C)nc4)cn3)C2)cc1. The fourth-order valence-corrected chi connectivity index (χ4v) is 6.04. The molecule has 0 radical (unpaired) electrons. The van der Waals surface area contributed by atoms with Crippen LogP contribution in [0, 0.1) is 12.7 Å². The Morgan fingerprint density at radius 1 is 0.864 bits per heavy atom. The van der Waals surface area contributed by atoms with Crippen molar-refractivity contribution >= 4 is 39.4 Å². The molecule has 0 aliphatic carbocycles. The third kappa shape index (κ3) is 6.43. The molecule has 1 amide bonds. The van der Waals surface area contributed by atoms with Crippen LogP contribution in [-0.2, 0) is 14.3 Å². The van der Waals surface area contributed by atoms with Gasteiger partial charge < -0.3 is 20.0 Å². The lowest BCUT2D eigenvalue weighted by Crippen LogP contribution is -2.53. The van der Waals surface area contributed by atoms with E-state index in [1.54, 1.807) is 36.7 Å². The molecule has 2 saturated heterocycles. The third-order valence-corrected chi connectivity index (χ3v) is 8.80. The average molecular weight is 620 g/mol. The molecule has 3 aromatic heterocycles. The number of piperazine rings is 1. The van der Waals surface area contributed by atoms with Crippen molar-refractivity contribution in [2.75, 3.05) is 52.7 Å². The number of hydrogen-bond donors (Lipinski definition) is 1. The highest BCUT2D eigenvalue weighted by atomic mass is 32.2. The van der Waals surface area contributed by atoms with Crippen LogP contribution in [0.3, 0.4) is 0 Å². The first-order valence-electron chi connectivity index (χ1n) is 14.0. The fraction of sp³-hybridized carbons (Fsp3) is 0.310. The van der Waals surface area contributed by atoms with Gasteiger partial charge in [-0.15, -0.1) is 0 Å². The fourth-order valence-electron chi connectivity index (χ4n) is 4.98. The van der Waals surface area contributed by atoms with E-state index >= 15 is 0 Å². The Balaban J connectivity index is 0.989. The maximum absolute atomic E-state index is 13.2. The molecule has 0 unspecified atom stereocenters. The summed E-state index contributed by atoms with van der Waals surface area (Å²) in [5, 5.41) is 2.78. The van der Waals surface area contributed by atoms with E-state index in [2.05, 4.69) is 35.1 Å². The van der Waals surface area contributed by atoms with E-state index in [0.717, 1.165) is 18.0 Å². The maximum atomic E-state index is 13.2. The number of carbonyl (C=O) groups is 1. The molecule has 1 aromatic carbocycles. The molecule has 1 atom stereocenters. The van der Waals surface area contributed by atoms with Gasteiger partial charge in [-0.1, -0.05) is 17.7 Å². The number of halogens is 1. The summed E-state index contributed by atoms with van der Waals surface area (Å²) in [6.07, 6.45) is 6.39. The number of carbonyl (C=O) groups excluding carboxylic acids is 1. The molecule has 0 bridgehead atoms. The van der Waals surface area contributed by atoms with Crippen LogP contribution in [0.1, 0.15) is 22.8 Å². The number of aromatic nitrogens is 5. The number of rotatable bonds is 8. The first kappa shape index (κ1) is 29.3. The lowest BCUT2D eigenvalue weighted by atomic mass is 10.1. The average Bonchev–Trinajstić information content (AvgIpc) is 3.00. The van der Waals surface area contributed by atoms with Crippen LogP contribution in [0.25, 0.3) is 0 Å². The van der Waals surface area contributed by atoms with Crippen molar-refractivity contribution in [3.8, 4) is 0 Å². The highest BCUT2D eigenvalue weighted by Gasteiger charge is 2.33. The molecule has 4 aromatic rings. The first-order chi connectivity index (χ1) is 21.1. The van der Waals surface area contributed by atoms with Crippen LogP contribution in [-0.4, -0.2) is 84.1 Å². The van der Waals surface area contributed by atoms with E-state index in [4.69, 9.17) is 4.18 Å². The summed E-state index contributed by atoms with van der Waals surface area (Å²) in [5.74, 6) is 0.783. The second-order valence-electron chi connectivity index (χ2n) is 10.7. The number of nitrogens with zero attached hydrogens (tertiary/aromatic N) is 8. The Bertz CT molecular complexity index is 1720. The molecule has 0 saturated carbocycles. The number of hydrogen-bond acceptors (Lipinski definition) is 12. The van der Waals surface area contributed by atoms with Crippen molar-refractivity contribution in [2.24, 2.45) is 0 Å². The van der Waals surface area contributed by atoms with Crippen molar-refractivity contribution < 1.29 is 21.8 Å². The van der Waals surface area contributed by atoms with Gasteiger partial charge in [-0.3, -0.25) is 8.98 Å². The molecule has 5 heterocycles. The van der Waals surface area contributed by atoms with Gasteiger partial charge in [0.05, 0.1) is 40.9 Å². The van der Waals surface area contributed by atoms with Gasteiger partial charge in [0.25, 0.3) is 16.0 Å². The minimum Gasteiger partial charge on any atom is -0.351 e. The molecule has 44 heavy (non-hydrogen) atoms. The number of anilines is 4. The third-order valence-electron chi connectivity index (χ3n) is 7.42. The number of pyridine rings is 1. The summed E-state index contributed by atoms with van der Waals surface area (Å²) in [6, 6.07) is 9.92. The molecular formula is C29H30FN9O4S. The normalized spacial score (nSPS) is 17.3. The zero-order chi connectivity index (χ0) is 30.8. The molecule has 2 aliphatic heterocycles. The molecule has 13 nitrogen and oxygen atoms in total. The molecular weight excluding hydrogens is 589 g/mol. The lowest BCUT2D eigenvalue weighted by molar-refractivity contribution is 0.102. The minimum atomic E-state index is -3.85. The molecule has 15 heteroatoms. The van der Waals surface area contributed by atoms with E-state index in [0.29, 0.717) is 61.7 Å². The highest BCUT2D eigenvalue weighted by molar-refractivity contribution is 7.86. The molecule has 1 N–H and O–H groups in total. The van der Waals surface area contributed by atoms with E-state index in [-0.39, 0.29) is 16.8 Å². The van der Waals surface area contributed by atoms with Crippen LogP contribution >= 0.6 is 0 Å². The second-order valence-corrected chi connectivity index (χ2v) is 12.3. The van der Waals surface area contributed by atoms with Crippen LogP contribution in [0.15, 0.2) is 72.3 Å². The minimum absolute atomic E-state index is 0.0493. The van der Waals surface area contributed by atoms with E-state index in [9.17, 15) is 17.6 Å². The van der Waals surface area contributed by atoms with Gasteiger partial charge in [0, 0.05) is 45.0 Å². The first-order valence-corrected chi connectivity index (χ1v) is 15.4. The molecule has 0 spiro atoms. The van der Waals surface area contributed by atoms with Crippen molar-refractivity contribution in [3.05, 3.63) is 84.3 Å². The van der Waals surface area contributed by atoms with Gasteiger partial charge in [0.15, 0.2) is 5.82 Å². The van der Waals surface area contributed by atoms with Gasteiger partial charge in [0.2, 0.25) is 11.9 Å². The number of benzene rings is 1. The van der Waals surface area contributed by atoms with Gasteiger partial charge in [0.1, 0.15) is 11.9 Å². The summed E-state index contributed by atoms with van der Waals surface area (Å²) >= 11 is 0. The summed E-state index contributed by atoms with van der Waals surface area (Å²) in [4.78, 5) is 40.2. The van der Waals surface area contributed by atoms with Gasteiger partial charge in [-0.05, 0) is 38.1 Å². The van der Waals surface area contributed by atoms with Crippen LogP contribution in [0.4, 0.5) is 27.8 Å². The smallest absolute Gasteiger partial charge is 0.297 e. The number of nitrogens with one attached hydrogen (secondary N) is 1. The van der Waals surface area contributed by atoms with Crippen molar-refractivity contribution in [1.29, 1.82) is 0 Å². The summed E-state index contributed by atoms with van der Waals surface area (Å²) in [7, 11) is -3.85. The molecule has 228 valence electrons. The predicted octanol–water partition coefficient (Wildman–Crippen LogP) is 2.67. The van der Waals surface area contributed by atoms with Crippen molar-refractivity contribution in [2.45, 2.75) is 30.9 Å². The Kier molecular flexibility index (Phi) is 8.05. The van der Waals surface area contributed by atoms with Crippen LogP contribution in [0.2, 0.25) is 0 Å². The van der Waals surface area contributed by atoms with Gasteiger partial charge >= 0.3 is 0 Å². The van der Waals surface area contributed by atoms with Crippen LogP contribution < -0.4 is 20.0 Å². The molecule has 6 rings (SSSR count). The zero-order valence-corrected chi connectivity index (χ0v) is 24.9. The predicted molar refractivity (Wildman–Crippen MR) is 161 cm³/mol. The lowest BCUT2D eigenvalue weighted by Gasteiger charge is -2.39. The van der Waals surface area contributed by atoms with Crippen molar-refractivity contribution in [3.63, 3.8) is 0 Å². The maximum Gasteiger partial charge on any atom is 0.297 e. The van der Waals surface area contributed by atoms with Gasteiger partial charge in [-0.2, -0.15) is 8.42 Å². The second kappa shape index (κ2) is 12.1. The monoisotopic (exact) mass is 619 g/mol.